The van der Waals surface area contributed by atoms with Crippen LogP contribution in [0.4, 0.5) is 0 Å². The van der Waals surface area contributed by atoms with Crippen LogP contribution < -0.4 is 0 Å². The molecule has 1 saturated carbocycles. The van der Waals surface area contributed by atoms with Crippen molar-refractivity contribution in [2.75, 3.05) is 6.54 Å². The molecule has 21 heavy (non-hydrogen) atoms. The summed E-state index contributed by atoms with van der Waals surface area (Å²) in [5.41, 5.74) is 2.41. The van der Waals surface area contributed by atoms with E-state index in [1.165, 1.54) is 12.8 Å². The number of rotatable bonds is 2. The van der Waals surface area contributed by atoms with Gasteiger partial charge in [-0.05, 0) is 61.8 Å². The first kappa shape index (κ1) is 12.9. The van der Waals surface area contributed by atoms with E-state index < -0.39 is 5.97 Å². The number of carboxylic acid groups (broad SMARTS) is 1. The molecule has 1 amide bonds. The van der Waals surface area contributed by atoms with Crippen LogP contribution in [0, 0.1) is 5.41 Å². The Bertz CT molecular complexity index is 635. The Morgan fingerprint density at radius 2 is 2.05 bits per heavy atom. The topological polar surface area (TPSA) is 57.6 Å². The molecule has 4 nitrogen and oxygen atoms in total. The van der Waals surface area contributed by atoms with Crippen molar-refractivity contribution in [3.05, 3.63) is 34.9 Å². The van der Waals surface area contributed by atoms with Crippen molar-refractivity contribution in [2.24, 2.45) is 5.41 Å². The van der Waals surface area contributed by atoms with Gasteiger partial charge in [-0.2, -0.15) is 0 Å². The van der Waals surface area contributed by atoms with Crippen LogP contribution in [0.1, 0.15) is 47.2 Å². The van der Waals surface area contributed by atoms with Crippen molar-refractivity contribution in [3.63, 3.8) is 0 Å². The van der Waals surface area contributed by atoms with Crippen LogP contribution in [-0.4, -0.2) is 34.5 Å². The molecule has 2 fully saturated rings. The second kappa shape index (κ2) is 4.33. The Morgan fingerprint density at radius 3 is 2.76 bits per heavy atom. The van der Waals surface area contributed by atoms with Crippen molar-refractivity contribution in [1.29, 1.82) is 0 Å². The molecule has 0 unspecified atom stereocenters. The van der Waals surface area contributed by atoms with Gasteiger partial charge in [0, 0.05) is 12.6 Å². The van der Waals surface area contributed by atoms with Crippen LogP contribution in [0.25, 0.3) is 0 Å². The molecular weight excluding hydrogens is 266 g/mol. The van der Waals surface area contributed by atoms with Crippen LogP contribution >= 0.6 is 0 Å². The van der Waals surface area contributed by atoms with Gasteiger partial charge in [0.05, 0.1) is 11.0 Å². The number of hydrogen-bond donors (Lipinski definition) is 1. The number of nitrogens with zero attached hydrogens (tertiary/aromatic N) is 1. The minimum Gasteiger partial charge on any atom is -0.478 e. The Labute approximate surface area is 123 Å². The molecule has 4 heteroatoms. The van der Waals surface area contributed by atoms with Crippen molar-refractivity contribution in [1.82, 2.24) is 4.90 Å². The summed E-state index contributed by atoms with van der Waals surface area (Å²) in [6.45, 7) is 0.909. The highest BCUT2D eigenvalue weighted by Crippen LogP contribution is 2.46. The quantitative estimate of drug-likeness (QED) is 0.906. The van der Waals surface area contributed by atoms with E-state index >= 15 is 0 Å². The Hall–Kier alpha value is -1.84. The third kappa shape index (κ3) is 1.96. The maximum Gasteiger partial charge on any atom is 0.335 e. The smallest absolute Gasteiger partial charge is 0.335 e. The number of aromatic carboxylic acids is 1. The zero-order valence-electron chi connectivity index (χ0n) is 12.0. The summed E-state index contributed by atoms with van der Waals surface area (Å²) >= 11 is 0. The lowest BCUT2D eigenvalue weighted by Gasteiger charge is -2.33. The molecule has 1 aliphatic heterocycles. The molecule has 1 saturated heterocycles. The number of carbonyl (C=O) groups excluding carboxylic acids is 1. The van der Waals surface area contributed by atoms with Gasteiger partial charge in [-0.25, -0.2) is 4.79 Å². The second-order valence-corrected chi connectivity index (χ2v) is 6.73. The van der Waals surface area contributed by atoms with Gasteiger partial charge in [0.2, 0.25) is 5.91 Å². The van der Waals surface area contributed by atoms with Gasteiger partial charge in [-0.15, -0.1) is 0 Å². The number of amides is 1. The van der Waals surface area contributed by atoms with Crippen LogP contribution in [0.3, 0.4) is 0 Å². The van der Waals surface area contributed by atoms with E-state index in [9.17, 15) is 9.59 Å². The van der Waals surface area contributed by atoms with Crippen molar-refractivity contribution in [3.8, 4) is 0 Å². The Morgan fingerprint density at radius 1 is 1.24 bits per heavy atom. The zero-order valence-corrected chi connectivity index (χ0v) is 12.0. The highest BCUT2D eigenvalue weighted by atomic mass is 16.4. The van der Waals surface area contributed by atoms with Gasteiger partial charge in [0.1, 0.15) is 0 Å². The summed E-state index contributed by atoms with van der Waals surface area (Å²) in [6.07, 6.45) is 5.76. The fourth-order valence-electron chi connectivity index (χ4n) is 3.97. The Balaban J connectivity index is 1.62. The van der Waals surface area contributed by atoms with E-state index in [-0.39, 0.29) is 5.41 Å². The van der Waals surface area contributed by atoms with E-state index in [4.69, 9.17) is 5.11 Å². The third-order valence-electron chi connectivity index (χ3n) is 5.39. The maximum atomic E-state index is 12.8. The first-order chi connectivity index (χ1) is 10.1. The molecule has 1 N–H and O–H groups in total. The van der Waals surface area contributed by atoms with Gasteiger partial charge < -0.3 is 10.0 Å². The fraction of sp³-hybridized carbons (Fsp3) is 0.529. The molecule has 1 heterocycles. The molecule has 1 atom stereocenters. The van der Waals surface area contributed by atoms with Crippen molar-refractivity contribution in [2.45, 2.75) is 44.6 Å². The fourth-order valence-corrected chi connectivity index (χ4v) is 3.97. The van der Waals surface area contributed by atoms with Gasteiger partial charge in [0.25, 0.3) is 0 Å². The predicted octanol–water partition coefficient (Wildman–Crippen LogP) is 2.25. The third-order valence-corrected chi connectivity index (χ3v) is 5.39. The number of fused-ring (bicyclic) bond motifs is 1. The molecule has 2 aliphatic carbocycles. The van der Waals surface area contributed by atoms with Gasteiger partial charge in [0.15, 0.2) is 0 Å². The summed E-state index contributed by atoms with van der Waals surface area (Å²) in [5.74, 6) is -0.534. The maximum absolute atomic E-state index is 12.8. The van der Waals surface area contributed by atoms with Crippen LogP contribution in [0.2, 0.25) is 0 Å². The SMILES string of the molecule is O=C(O)c1ccc2c(c1)CC[C@]1(CCN(C3CC3)C1=O)C2. The zero-order chi connectivity index (χ0) is 14.6. The van der Waals surface area contributed by atoms with Crippen LogP contribution in [-0.2, 0) is 17.6 Å². The molecule has 0 aromatic heterocycles. The summed E-state index contributed by atoms with van der Waals surface area (Å²) in [5, 5.41) is 9.08. The molecule has 1 aromatic carbocycles. The minimum absolute atomic E-state index is 0.208. The van der Waals surface area contributed by atoms with E-state index in [0.29, 0.717) is 17.5 Å². The highest BCUT2D eigenvalue weighted by molar-refractivity contribution is 5.88. The minimum atomic E-state index is -0.880. The van der Waals surface area contributed by atoms with Gasteiger partial charge in [-0.3, -0.25) is 4.79 Å². The number of carboxylic acids is 1. The molecule has 0 radical (unpaired) electrons. The summed E-state index contributed by atoms with van der Waals surface area (Å²) in [7, 11) is 0. The van der Waals surface area contributed by atoms with E-state index in [0.717, 1.165) is 43.4 Å². The summed E-state index contributed by atoms with van der Waals surface area (Å²) < 4.78 is 0. The van der Waals surface area contributed by atoms with Crippen LogP contribution in [0.5, 0.6) is 0 Å². The molecule has 1 aromatic rings. The lowest BCUT2D eigenvalue weighted by atomic mass is 9.70. The predicted molar refractivity (Wildman–Crippen MR) is 77.2 cm³/mol. The van der Waals surface area contributed by atoms with E-state index in [2.05, 4.69) is 4.90 Å². The van der Waals surface area contributed by atoms with Crippen molar-refractivity contribution >= 4 is 11.9 Å². The highest BCUT2D eigenvalue weighted by Gasteiger charge is 2.51. The van der Waals surface area contributed by atoms with Crippen molar-refractivity contribution < 1.29 is 14.7 Å². The number of hydrogen-bond acceptors (Lipinski definition) is 2. The standard InChI is InChI=1S/C17H19NO3/c19-15(20)12-1-2-13-10-17(6-5-11(13)9-12)7-8-18(16(17)21)14-3-4-14/h1-2,9,14H,3-8,10H2,(H,19,20)/t17-/m0/s1. The lowest BCUT2D eigenvalue weighted by molar-refractivity contribution is -0.137. The average Bonchev–Trinajstić information content (AvgIpc) is 3.27. The van der Waals surface area contributed by atoms with E-state index in [1.54, 1.807) is 12.1 Å². The molecule has 0 bridgehead atoms. The first-order valence-electron chi connectivity index (χ1n) is 7.75. The van der Waals surface area contributed by atoms with E-state index in [1.807, 2.05) is 6.07 Å². The van der Waals surface area contributed by atoms with Crippen LogP contribution in [0.15, 0.2) is 18.2 Å². The summed E-state index contributed by atoms with van der Waals surface area (Å²) in [4.78, 5) is 25.9. The first-order valence-corrected chi connectivity index (χ1v) is 7.75. The lowest BCUT2D eigenvalue weighted by Crippen LogP contribution is -2.39. The average molecular weight is 285 g/mol. The molecular formula is C17H19NO3. The largest absolute Gasteiger partial charge is 0.478 e. The molecule has 1 spiro atoms. The number of benzene rings is 1. The number of aryl methyl sites for hydroxylation is 1. The molecule has 110 valence electrons. The molecule has 4 rings (SSSR count). The molecule has 3 aliphatic rings. The number of likely N-dealkylation sites (tertiary alicyclic amines) is 1. The summed E-state index contributed by atoms with van der Waals surface area (Å²) in [6, 6.07) is 5.86. The van der Waals surface area contributed by atoms with Gasteiger partial charge >= 0.3 is 5.97 Å². The monoisotopic (exact) mass is 285 g/mol. The number of carbonyl (C=O) groups is 2. The normalized spacial score (nSPS) is 28.0. The Kier molecular flexibility index (Phi) is 2.65. The van der Waals surface area contributed by atoms with Gasteiger partial charge in [-0.1, -0.05) is 6.07 Å². The second-order valence-electron chi connectivity index (χ2n) is 6.73.